The number of nitrogens with one attached hydrogen (secondary N) is 1. The molecule has 2 aromatic heterocycles. The van der Waals surface area contributed by atoms with Crippen LogP contribution in [0.1, 0.15) is 11.3 Å². The average molecular weight is 478 g/mol. The molecule has 28 heavy (non-hydrogen) atoms. The normalized spacial score (nSPS) is 10.5. The van der Waals surface area contributed by atoms with Gasteiger partial charge in [0.1, 0.15) is 23.6 Å². The van der Waals surface area contributed by atoms with Crippen molar-refractivity contribution in [2.75, 3.05) is 5.32 Å². The molecule has 0 aliphatic rings. The van der Waals surface area contributed by atoms with Crippen molar-refractivity contribution in [3.05, 3.63) is 75.9 Å². The van der Waals surface area contributed by atoms with Gasteiger partial charge in [-0.05, 0) is 78.0 Å². The zero-order valence-corrected chi connectivity index (χ0v) is 17.1. The standard InChI is InChI=1S/C22H15IN4O/c1-3-15-10-17(6-9-21(15)28-18-7-4-14(2)24-12-18)27-22-19-11-16(23)5-8-20(19)25-13-26-22/h1,4-13H,2H3,(H,25,26,27). The Morgan fingerprint density at radius 2 is 1.93 bits per heavy atom. The van der Waals surface area contributed by atoms with Gasteiger partial charge >= 0.3 is 0 Å². The lowest BCUT2D eigenvalue weighted by Gasteiger charge is -2.12. The second-order valence-electron chi connectivity index (χ2n) is 6.10. The van der Waals surface area contributed by atoms with Crippen molar-refractivity contribution in [1.82, 2.24) is 15.0 Å². The number of hydrogen-bond donors (Lipinski definition) is 1. The van der Waals surface area contributed by atoms with Crippen LogP contribution < -0.4 is 10.1 Å². The van der Waals surface area contributed by atoms with Crippen LogP contribution in [0.2, 0.25) is 0 Å². The van der Waals surface area contributed by atoms with Gasteiger partial charge in [-0.2, -0.15) is 0 Å². The van der Waals surface area contributed by atoms with Crippen LogP contribution in [-0.2, 0) is 0 Å². The Morgan fingerprint density at radius 1 is 1.04 bits per heavy atom. The maximum Gasteiger partial charge on any atom is 0.145 e. The second-order valence-corrected chi connectivity index (χ2v) is 7.35. The fourth-order valence-corrected chi connectivity index (χ4v) is 3.21. The molecule has 0 saturated carbocycles. The number of anilines is 2. The SMILES string of the molecule is C#Cc1cc(Nc2ncnc3ccc(I)cc23)ccc1Oc1ccc(C)nc1. The molecule has 1 N–H and O–H groups in total. The molecule has 136 valence electrons. The van der Waals surface area contributed by atoms with Gasteiger partial charge in [0, 0.05) is 20.3 Å². The lowest BCUT2D eigenvalue weighted by molar-refractivity contribution is 0.478. The molecule has 0 radical (unpaired) electrons. The van der Waals surface area contributed by atoms with Crippen molar-refractivity contribution in [3.8, 4) is 23.8 Å². The molecule has 0 unspecified atom stereocenters. The summed E-state index contributed by atoms with van der Waals surface area (Å²) in [5.74, 6) is 4.64. The van der Waals surface area contributed by atoms with Gasteiger partial charge in [-0.25, -0.2) is 9.97 Å². The van der Waals surface area contributed by atoms with Crippen LogP contribution in [0, 0.1) is 22.8 Å². The van der Waals surface area contributed by atoms with E-state index in [1.165, 1.54) is 0 Å². The zero-order valence-electron chi connectivity index (χ0n) is 15.0. The van der Waals surface area contributed by atoms with E-state index < -0.39 is 0 Å². The van der Waals surface area contributed by atoms with Gasteiger partial charge in [-0.1, -0.05) is 5.92 Å². The molecule has 0 fully saturated rings. The summed E-state index contributed by atoms with van der Waals surface area (Å²) in [6.45, 7) is 1.93. The van der Waals surface area contributed by atoms with Crippen molar-refractivity contribution in [3.63, 3.8) is 0 Å². The number of aryl methyl sites for hydroxylation is 1. The van der Waals surface area contributed by atoms with Crippen LogP contribution >= 0.6 is 22.6 Å². The van der Waals surface area contributed by atoms with E-state index in [1.807, 2.05) is 55.5 Å². The minimum Gasteiger partial charge on any atom is -0.454 e. The first kappa shape index (κ1) is 18.2. The summed E-state index contributed by atoms with van der Waals surface area (Å²) in [4.78, 5) is 12.9. The van der Waals surface area contributed by atoms with E-state index in [1.54, 1.807) is 12.5 Å². The van der Waals surface area contributed by atoms with Crippen molar-refractivity contribution >= 4 is 45.0 Å². The van der Waals surface area contributed by atoms with Crippen molar-refractivity contribution in [2.45, 2.75) is 6.92 Å². The Bertz CT molecular complexity index is 1200. The molecule has 4 rings (SSSR count). The number of hydrogen-bond acceptors (Lipinski definition) is 5. The Morgan fingerprint density at radius 3 is 2.71 bits per heavy atom. The maximum atomic E-state index is 5.89. The van der Waals surface area contributed by atoms with Crippen LogP contribution in [0.25, 0.3) is 10.9 Å². The largest absolute Gasteiger partial charge is 0.454 e. The summed E-state index contributed by atoms with van der Waals surface area (Å²) in [6, 6.07) is 15.4. The third-order valence-corrected chi connectivity index (χ3v) is 4.78. The lowest BCUT2D eigenvalue weighted by atomic mass is 10.1. The van der Waals surface area contributed by atoms with E-state index in [0.29, 0.717) is 17.1 Å². The van der Waals surface area contributed by atoms with Gasteiger partial charge in [-0.15, -0.1) is 6.42 Å². The second kappa shape index (κ2) is 7.82. The third-order valence-electron chi connectivity index (χ3n) is 4.11. The molecule has 6 heteroatoms. The quantitative estimate of drug-likeness (QED) is 0.312. The molecule has 2 aromatic carbocycles. The average Bonchev–Trinajstić information content (AvgIpc) is 2.71. The number of ether oxygens (including phenoxy) is 1. The van der Waals surface area contributed by atoms with E-state index in [9.17, 15) is 0 Å². The third kappa shape index (κ3) is 3.89. The number of benzene rings is 2. The summed E-state index contributed by atoms with van der Waals surface area (Å²) >= 11 is 2.27. The number of rotatable bonds is 4. The smallest absolute Gasteiger partial charge is 0.145 e. The first-order valence-corrected chi connectivity index (χ1v) is 9.59. The zero-order chi connectivity index (χ0) is 19.5. The molecule has 0 spiro atoms. The first-order valence-electron chi connectivity index (χ1n) is 8.51. The number of pyridine rings is 1. The highest BCUT2D eigenvalue weighted by Gasteiger charge is 2.08. The molecule has 0 aliphatic carbocycles. The number of fused-ring (bicyclic) bond motifs is 1. The number of aromatic nitrogens is 3. The molecule has 0 bridgehead atoms. The fraction of sp³-hybridized carbons (Fsp3) is 0.0455. The van der Waals surface area contributed by atoms with E-state index in [4.69, 9.17) is 11.2 Å². The van der Waals surface area contributed by atoms with Crippen LogP contribution in [0.15, 0.2) is 61.1 Å². The van der Waals surface area contributed by atoms with Gasteiger partial charge in [0.25, 0.3) is 0 Å². The molecule has 5 nitrogen and oxygen atoms in total. The molecule has 0 atom stereocenters. The Balaban J connectivity index is 1.64. The maximum absolute atomic E-state index is 5.89. The van der Waals surface area contributed by atoms with Gasteiger partial charge < -0.3 is 10.1 Å². The number of nitrogens with zero attached hydrogens (tertiary/aromatic N) is 3. The van der Waals surface area contributed by atoms with Crippen molar-refractivity contribution < 1.29 is 4.74 Å². The molecular weight excluding hydrogens is 463 g/mol. The van der Waals surface area contributed by atoms with E-state index in [0.717, 1.165) is 31.7 Å². The molecule has 4 aromatic rings. The van der Waals surface area contributed by atoms with Crippen LogP contribution in [-0.4, -0.2) is 15.0 Å². The van der Waals surface area contributed by atoms with Gasteiger partial charge in [0.05, 0.1) is 17.3 Å². The highest BCUT2D eigenvalue weighted by Crippen LogP contribution is 2.30. The summed E-state index contributed by atoms with van der Waals surface area (Å²) in [6.07, 6.45) is 8.92. The van der Waals surface area contributed by atoms with Crippen molar-refractivity contribution in [1.29, 1.82) is 0 Å². The van der Waals surface area contributed by atoms with Gasteiger partial charge in [-0.3, -0.25) is 4.98 Å². The summed E-state index contributed by atoms with van der Waals surface area (Å²) in [5.41, 5.74) is 3.26. The van der Waals surface area contributed by atoms with Crippen molar-refractivity contribution in [2.24, 2.45) is 0 Å². The topological polar surface area (TPSA) is 59.9 Å². The molecule has 0 aliphatic heterocycles. The van der Waals surface area contributed by atoms with E-state index >= 15 is 0 Å². The summed E-state index contributed by atoms with van der Waals surface area (Å²) in [7, 11) is 0. The Kier molecular flexibility index (Phi) is 5.08. The summed E-state index contributed by atoms with van der Waals surface area (Å²) < 4.78 is 7.00. The minimum absolute atomic E-state index is 0.598. The summed E-state index contributed by atoms with van der Waals surface area (Å²) in [5, 5.41) is 4.28. The molecule has 2 heterocycles. The number of halogens is 1. The lowest BCUT2D eigenvalue weighted by Crippen LogP contribution is -1.97. The monoisotopic (exact) mass is 478 g/mol. The van der Waals surface area contributed by atoms with Gasteiger partial charge in [0.2, 0.25) is 0 Å². The highest BCUT2D eigenvalue weighted by atomic mass is 127. The fourth-order valence-electron chi connectivity index (χ4n) is 2.72. The minimum atomic E-state index is 0.598. The predicted octanol–water partition coefficient (Wildman–Crippen LogP) is 5.46. The molecule has 0 amide bonds. The van der Waals surface area contributed by atoms with Crippen LogP contribution in [0.5, 0.6) is 11.5 Å². The van der Waals surface area contributed by atoms with Crippen LogP contribution in [0.4, 0.5) is 11.5 Å². The highest BCUT2D eigenvalue weighted by molar-refractivity contribution is 14.1. The van der Waals surface area contributed by atoms with Gasteiger partial charge in [0.15, 0.2) is 0 Å². The van der Waals surface area contributed by atoms with E-state index in [2.05, 4.69) is 48.8 Å². The van der Waals surface area contributed by atoms with Crippen LogP contribution in [0.3, 0.4) is 0 Å². The first-order chi connectivity index (χ1) is 13.6. The predicted molar refractivity (Wildman–Crippen MR) is 119 cm³/mol. The molecular formula is C22H15IN4O. The van der Waals surface area contributed by atoms with E-state index in [-0.39, 0.29) is 0 Å². The number of terminal acetylenes is 1. The Hall–Kier alpha value is -3.18. The Labute approximate surface area is 176 Å². The molecule has 0 saturated heterocycles.